The highest BCUT2D eigenvalue weighted by Gasteiger charge is 2.44. The summed E-state index contributed by atoms with van der Waals surface area (Å²) in [5.74, 6) is 2.06. The molecule has 4 N–H and O–H groups in total. The molecule has 0 saturated heterocycles. The molecule has 428 valence electrons. The lowest BCUT2D eigenvalue weighted by Crippen LogP contribution is -3.00. The third kappa shape index (κ3) is 26.8. The molecule has 2 amide bonds. The van der Waals surface area contributed by atoms with E-state index in [1.165, 1.54) is 31.8 Å². The molecule has 0 aromatic heterocycles. The van der Waals surface area contributed by atoms with Crippen molar-refractivity contribution in [2.75, 3.05) is 70.4 Å². The van der Waals surface area contributed by atoms with Gasteiger partial charge in [-0.05, 0) is 123 Å². The van der Waals surface area contributed by atoms with Crippen LogP contribution in [-0.4, -0.2) is 96.9 Å². The van der Waals surface area contributed by atoms with Crippen molar-refractivity contribution in [3.63, 3.8) is 0 Å². The molecule has 0 atom stereocenters. The standard InChI is InChI=1S/C24H49N3O2.C21H23NP.C18H15P.C3H8BrN.2BrH/c1-10-11-12-25(17-23(28)26(13-19(2)3)14-20(4)5)18-24(29)27(15-21(6)7)16-22(8)9;22-17-10-18-23(19-11-4-1-5-12-19,20-13-6-2-7-14-20)21-15-8-3-9-16-21;1-4-10-16(11-5-1)19(17-12-6-2-7-13-17)18-14-8-3-9-15-18;4-2-1-3-5;;/h19-22H,10-18H2,1-9H3;1-9,11-16H,10,17-18,22H2;1-15H;1-3,5H2;2*1H/q;+1;;;;/p-1. The predicted molar refractivity (Wildman–Crippen MR) is 350 cm³/mol. The Morgan fingerprint density at radius 1 is 0.474 bits per heavy atom. The fourth-order valence-corrected chi connectivity index (χ4v) is 16.0. The number of carbonyl (C=O) groups is 2. The van der Waals surface area contributed by atoms with E-state index < -0.39 is 15.2 Å². The zero-order valence-electron chi connectivity index (χ0n) is 48.6. The second-order valence-corrected chi connectivity index (χ2v) is 27.7. The van der Waals surface area contributed by atoms with Crippen LogP contribution in [-0.2, 0) is 9.59 Å². The number of benzene rings is 6. The summed E-state index contributed by atoms with van der Waals surface area (Å²) in [5.41, 5.74) is 11.0. The summed E-state index contributed by atoms with van der Waals surface area (Å²) in [6.07, 6.45) is 5.29. The Morgan fingerprint density at radius 3 is 0.987 bits per heavy atom. The number of carbonyl (C=O) groups excluding carboxylic acids is 2. The molecule has 0 heterocycles. The van der Waals surface area contributed by atoms with Crippen LogP contribution in [0.15, 0.2) is 182 Å². The average molecular weight is 1290 g/mol. The van der Waals surface area contributed by atoms with Gasteiger partial charge in [-0.15, -0.1) is 17.0 Å². The molecule has 0 spiro atoms. The maximum absolute atomic E-state index is 13.1. The van der Waals surface area contributed by atoms with Gasteiger partial charge in [-0.2, -0.15) is 0 Å². The normalized spacial score (nSPS) is 10.9. The van der Waals surface area contributed by atoms with Crippen LogP contribution in [0.1, 0.15) is 88.0 Å². The van der Waals surface area contributed by atoms with Gasteiger partial charge in [0.1, 0.15) is 23.2 Å². The Bertz CT molecular complexity index is 2140. The summed E-state index contributed by atoms with van der Waals surface area (Å²) in [7, 11) is -2.10. The van der Waals surface area contributed by atoms with Gasteiger partial charge >= 0.3 is 0 Å². The van der Waals surface area contributed by atoms with Gasteiger partial charge in [0.05, 0.1) is 19.3 Å². The summed E-state index contributed by atoms with van der Waals surface area (Å²) >= 11 is 3.23. The number of halogens is 3. The summed E-state index contributed by atoms with van der Waals surface area (Å²) < 4.78 is 0. The summed E-state index contributed by atoms with van der Waals surface area (Å²) in [6, 6.07) is 65.2. The molecule has 12 heteroatoms. The van der Waals surface area contributed by atoms with Gasteiger partial charge in [0.2, 0.25) is 11.8 Å². The van der Waals surface area contributed by atoms with Gasteiger partial charge in [-0.1, -0.05) is 230 Å². The molecular formula is C66H96Br3N5O2P2. The highest BCUT2D eigenvalue weighted by atomic mass is 79.9. The van der Waals surface area contributed by atoms with Crippen LogP contribution in [0.3, 0.4) is 0 Å². The first-order valence-electron chi connectivity index (χ1n) is 27.9. The summed E-state index contributed by atoms with van der Waals surface area (Å²) in [6.45, 7) is 25.4. The monoisotopic (exact) mass is 1290 g/mol. The Kier molecular flexibility index (Phi) is 39.3. The quantitative estimate of drug-likeness (QED) is 0.0417. The van der Waals surface area contributed by atoms with E-state index in [4.69, 9.17) is 11.5 Å². The topological polar surface area (TPSA) is 95.9 Å². The SMILES string of the molecule is Br.CCCCN(CC(=O)N(CC(C)C)CC(C)C)CC(=O)N(CC(C)C)CC(C)C.NCCCBr.NCCC[P+](c1ccccc1)(c1ccccc1)c1ccccc1.[Br-].c1ccc(P(c2ccccc2)c2ccccc2)cc1. The molecule has 78 heavy (non-hydrogen) atoms. The second kappa shape index (κ2) is 42.3. The van der Waals surface area contributed by atoms with Gasteiger partial charge in [0, 0.05) is 31.5 Å². The van der Waals surface area contributed by atoms with Crippen LogP contribution in [0.2, 0.25) is 0 Å². The van der Waals surface area contributed by atoms with Gasteiger partial charge in [0.25, 0.3) is 0 Å². The van der Waals surface area contributed by atoms with Crippen molar-refractivity contribution in [1.29, 1.82) is 0 Å². The molecule has 7 nitrogen and oxygen atoms in total. The maximum atomic E-state index is 13.1. The highest BCUT2D eigenvalue weighted by Crippen LogP contribution is 2.55. The zero-order chi connectivity index (χ0) is 55.6. The molecule has 0 fully saturated rings. The smallest absolute Gasteiger partial charge is 0.236 e. The number of amides is 2. The Hall–Kier alpha value is -3.56. The Labute approximate surface area is 504 Å². The van der Waals surface area contributed by atoms with Crippen LogP contribution in [0.25, 0.3) is 0 Å². The largest absolute Gasteiger partial charge is 1.00 e. The average Bonchev–Trinajstić information content (AvgIpc) is 3.42. The van der Waals surface area contributed by atoms with Gasteiger partial charge < -0.3 is 38.2 Å². The maximum Gasteiger partial charge on any atom is 0.236 e. The van der Waals surface area contributed by atoms with E-state index in [1.54, 1.807) is 0 Å². The van der Waals surface area contributed by atoms with E-state index in [1.807, 2.05) is 9.80 Å². The molecule has 0 aliphatic heterocycles. The summed E-state index contributed by atoms with van der Waals surface area (Å²) in [4.78, 5) is 32.1. The number of nitrogens with two attached hydrogens (primary N) is 2. The van der Waals surface area contributed by atoms with Crippen LogP contribution in [0.4, 0.5) is 0 Å². The second-order valence-electron chi connectivity index (χ2n) is 21.1. The van der Waals surface area contributed by atoms with Crippen molar-refractivity contribution in [3.8, 4) is 0 Å². The van der Waals surface area contributed by atoms with Crippen LogP contribution in [0, 0.1) is 23.7 Å². The first-order chi connectivity index (χ1) is 36.7. The van der Waals surface area contributed by atoms with E-state index >= 15 is 0 Å². The van der Waals surface area contributed by atoms with Crippen molar-refractivity contribution in [3.05, 3.63) is 182 Å². The van der Waals surface area contributed by atoms with E-state index in [0.29, 0.717) is 36.8 Å². The molecule has 6 rings (SSSR count). The van der Waals surface area contributed by atoms with Crippen molar-refractivity contribution in [1.82, 2.24) is 14.7 Å². The number of unbranched alkanes of at least 4 members (excludes halogenated alkanes) is 1. The van der Waals surface area contributed by atoms with E-state index in [-0.39, 0.29) is 45.8 Å². The predicted octanol–water partition coefficient (Wildman–Crippen LogP) is 9.46. The molecule has 0 bridgehead atoms. The van der Waals surface area contributed by atoms with Crippen molar-refractivity contribution in [2.45, 2.75) is 88.0 Å². The van der Waals surface area contributed by atoms with Crippen molar-refractivity contribution in [2.24, 2.45) is 35.1 Å². The fraction of sp³-hybridized carbons (Fsp3) is 0.424. The zero-order valence-corrected chi connectivity index (χ0v) is 55.3. The minimum Gasteiger partial charge on any atom is -1.00 e. The van der Waals surface area contributed by atoms with Gasteiger partial charge in [0.15, 0.2) is 0 Å². The first-order valence-corrected chi connectivity index (χ1v) is 32.4. The number of nitrogens with zero attached hydrogens (tertiary/aromatic N) is 3. The molecule has 0 radical (unpaired) electrons. The fourth-order valence-electron chi connectivity index (χ4n) is 8.96. The molecule has 6 aromatic carbocycles. The third-order valence-electron chi connectivity index (χ3n) is 12.3. The molecule has 0 unspecified atom stereocenters. The molecule has 0 saturated carbocycles. The van der Waals surface area contributed by atoms with Crippen LogP contribution in [0.5, 0.6) is 0 Å². The molecule has 6 aromatic rings. The Balaban J connectivity index is 0.000000560. The van der Waals surface area contributed by atoms with E-state index in [2.05, 4.69) is 265 Å². The van der Waals surface area contributed by atoms with Crippen LogP contribution >= 0.6 is 48.1 Å². The lowest BCUT2D eigenvalue weighted by Gasteiger charge is -2.32. The van der Waals surface area contributed by atoms with Crippen LogP contribution < -0.4 is 60.3 Å². The lowest BCUT2D eigenvalue weighted by molar-refractivity contribution is -0.137. The minimum absolute atomic E-state index is 0. The Morgan fingerprint density at radius 2 is 0.756 bits per heavy atom. The third-order valence-corrected chi connectivity index (χ3v) is 19.8. The van der Waals surface area contributed by atoms with Crippen molar-refractivity contribution < 1.29 is 26.6 Å². The van der Waals surface area contributed by atoms with E-state index in [0.717, 1.165) is 83.0 Å². The number of hydrogen-bond donors (Lipinski definition) is 2. The van der Waals surface area contributed by atoms with Crippen molar-refractivity contribution >= 4 is 91.7 Å². The summed E-state index contributed by atoms with van der Waals surface area (Å²) in [5, 5.41) is 9.53. The lowest BCUT2D eigenvalue weighted by atomic mass is 10.1. The minimum atomic E-state index is -1.65. The number of rotatable bonds is 26. The number of alkyl halides is 1. The molecule has 0 aliphatic rings. The number of hydrogen-bond acceptors (Lipinski definition) is 5. The first kappa shape index (κ1) is 72.5. The van der Waals surface area contributed by atoms with E-state index in [9.17, 15) is 9.59 Å². The van der Waals surface area contributed by atoms with Gasteiger partial charge in [-0.3, -0.25) is 14.5 Å². The van der Waals surface area contributed by atoms with Gasteiger partial charge in [-0.25, -0.2) is 0 Å². The highest BCUT2D eigenvalue weighted by molar-refractivity contribution is 9.09. The molecular weight excluding hydrogens is 1200 g/mol. The molecule has 0 aliphatic carbocycles.